The smallest absolute Gasteiger partial charge is 0.107 e. The summed E-state index contributed by atoms with van der Waals surface area (Å²) < 4.78 is 0. The quantitative estimate of drug-likeness (QED) is 0.679. The number of rotatable bonds is 6. The number of aromatic nitrogens is 1. The number of nitrogens with two attached hydrogens (primary N) is 1. The van der Waals surface area contributed by atoms with E-state index in [0.717, 1.165) is 32.5 Å². The van der Waals surface area contributed by atoms with Crippen LogP contribution in [-0.2, 0) is 6.54 Å². The topological polar surface area (TPSA) is 50.9 Å². The van der Waals surface area contributed by atoms with E-state index in [1.165, 1.54) is 9.88 Å². The van der Waals surface area contributed by atoms with Crippen LogP contribution in [0.5, 0.6) is 0 Å². The molecule has 0 atom stereocenters. The second-order valence-corrected chi connectivity index (χ2v) is 4.36. The fraction of sp³-hybridized carbons (Fsp3) is 0.667. The lowest BCUT2D eigenvalue weighted by Crippen LogP contribution is -2.15. The van der Waals surface area contributed by atoms with Gasteiger partial charge < -0.3 is 11.1 Å². The maximum absolute atomic E-state index is 5.39. The van der Waals surface area contributed by atoms with E-state index in [9.17, 15) is 0 Å². The zero-order chi connectivity index (χ0) is 9.52. The molecule has 0 amide bonds. The normalized spacial score (nSPS) is 10.6. The molecule has 1 aromatic rings. The number of hydrogen-bond acceptors (Lipinski definition) is 4. The highest BCUT2D eigenvalue weighted by atomic mass is 32.1. The van der Waals surface area contributed by atoms with Gasteiger partial charge in [-0.15, -0.1) is 11.3 Å². The van der Waals surface area contributed by atoms with Gasteiger partial charge in [-0.3, -0.25) is 0 Å². The summed E-state index contributed by atoms with van der Waals surface area (Å²) in [5, 5.41) is 4.51. The van der Waals surface area contributed by atoms with Crippen molar-refractivity contribution >= 4 is 11.3 Å². The SMILES string of the molecule is Cc1cnc(CNCCCCN)s1. The Kier molecular flexibility index (Phi) is 4.97. The zero-order valence-electron chi connectivity index (χ0n) is 8.05. The van der Waals surface area contributed by atoms with E-state index in [1.54, 1.807) is 11.3 Å². The molecule has 0 aliphatic rings. The first-order valence-corrected chi connectivity index (χ1v) is 5.46. The number of nitrogens with one attached hydrogen (secondary N) is 1. The first-order chi connectivity index (χ1) is 6.33. The van der Waals surface area contributed by atoms with Crippen LogP contribution in [0.1, 0.15) is 22.7 Å². The lowest BCUT2D eigenvalue weighted by molar-refractivity contribution is 0.626. The molecule has 0 bridgehead atoms. The molecule has 0 aliphatic heterocycles. The van der Waals surface area contributed by atoms with Gasteiger partial charge in [-0.1, -0.05) is 0 Å². The van der Waals surface area contributed by atoms with Crippen LogP contribution < -0.4 is 11.1 Å². The Morgan fingerprint density at radius 2 is 2.38 bits per heavy atom. The summed E-state index contributed by atoms with van der Waals surface area (Å²) in [6.07, 6.45) is 4.17. The highest BCUT2D eigenvalue weighted by molar-refractivity contribution is 7.11. The van der Waals surface area contributed by atoms with Crippen LogP contribution in [-0.4, -0.2) is 18.1 Å². The van der Waals surface area contributed by atoms with Crippen molar-refractivity contribution < 1.29 is 0 Å². The molecule has 13 heavy (non-hydrogen) atoms. The van der Waals surface area contributed by atoms with Crippen LogP contribution in [0.15, 0.2) is 6.20 Å². The lowest BCUT2D eigenvalue weighted by atomic mass is 10.3. The summed E-state index contributed by atoms with van der Waals surface area (Å²) in [5.74, 6) is 0. The largest absolute Gasteiger partial charge is 0.330 e. The molecule has 3 nitrogen and oxygen atoms in total. The zero-order valence-corrected chi connectivity index (χ0v) is 8.86. The van der Waals surface area contributed by atoms with Gasteiger partial charge in [0.2, 0.25) is 0 Å². The van der Waals surface area contributed by atoms with Gasteiger partial charge in [-0.2, -0.15) is 0 Å². The second-order valence-electron chi connectivity index (χ2n) is 3.04. The Morgan fingerprint density at radius 1 is 1.54 bits per heavy atom. The second kappa shape index (κ2) is 6.07. The summed E-state index contributed by atoms with van der Waals surface area (Å²) in [6, 6.07) is 0. The van der Waals surface area contributed by atoms with Crippen molar-refractivity contribution in [1.29, 1.82) is 0 Å². The predicted molar refractivity (Wildman–Crippen MR) is 56.8 cm³/mol. The monoisotopic (exact) mass is 199 g/mol. The average Bonchev–Trinajstić information content (AvgIpc) is 2.51. The molecule has 3 N–H and O–H groups in total. The van der Waals surface area contributed by atoms with Crippen molar-refractivity contribution in [2.45, 2.75) is 26.3 Å². The van der Waals surface area contributed by atoms with E-state index in [-0.39, 0.29) is 0 Å². The summed E-state index contributed by atoms with van der Waals surface area (Å²) in [5.41, 5.74) is 5.39. The molecular weight excluding hydrogens is 182 g/mol. The van der Waals surface area contributed by atoms with Gasteiger partial charge in [0.1, 0.15) is 5.01 Å². The number of nitrogens with zero attached hydrogens (tertiary/aromatic N) is 1. The van der Waals surface area contributed by atoms with Crippen molar-refractivity contribution in [2.24, 2.45) is 5.73 Å². The highest BCUT2D eigenvalue weighted by Crippen LogP contribution is 2.10. The molecule has 0 aromatic carbocycles. The van der Waals surface area contributed by atoms with Crippen LogP contribution in [0.25, 0.3) is 0 Å². The Labute approximate surface area is 83.4 Å². The van der Waals surface area contributed by atoms with E-state index < -0.39 is 0 Å². The van der Waals surface area contributed by atoms with Crippen molar-refractivity contribution in [3.8, 4) is 0 Å². The number of unbranched alkanes of at least 4 members (excludes halogenated alkanes) is 1. The predicted octanol–water partition coefficient (Wildman–Crippen LogP) is 1.28. The molecule has 0 unspecified atom stereocenters. The molecule has 0 saturated carbocycles. The molecule has 0 saturated heterocycles. The van der Waals surface area contributed by atoms with E-state index in [1.807, 2.05) is 6.20 Å². The van der Waals surface area contributed by atoms with Crippen LogP contribution >= 0.6 is 11.3 Å². The maximum Gasteiger partial charge on any atom is 0.107 e. The molecule has 1 rings (SSSR count). The molecule has 1 aromatic heterocycles. The minimum absolute atomic E-state index is 0.790. The highest BCUT2D eigenvalue weighted by Gasteiger charge is 1.96. The minimum atomic E-state index is 0.790. The molecule has 0 fully saturated rings. The summed E-state index contributed by atoms with van der Waals surface area (Å²) >= 11 is 1.75. The maximum atomic E-state index is 5.39. The molecule has 0 radical (unpaired) electrons. The van der Waals surface area contributed by atoms with Gasteiger partial charge in [0.15, 0.2) is 0 Å². The molecule has 74 valence electrons. The van der Waals surface area contributed by atoms with Crippen LogP contribution in [0.4, 0.5) is 0 Å². The Morgan fingerprint density at radius 3 is 3.00 bits per heavy atom. The molecule has 0 spiro atoms. The third-order valence-electron chi connectivity index (χ3n) is 1.75. The lowest BCUT2D eigenvalue weighted by Gasteiger charge is -2.00. The van der Waals surface area contributed by atoms with E-state index >= 15 is 0 Å². The van der Waals surface area contributed by atoms with Crippen molar-refractivity contribution in [3.05, 3.63) is 16.1 Å². The summed E-state index contributed by atoms with van der Waals surface area (Å²) in [6.45, 7) is 4.80. The van der Waals surface area contributed by atoms with Crippen molar-refractivity contribution in [1.82, 2.24) is 10.3 Å². The molecule has 4 heteroatoms. The Balaban J connectivity index is 2.06. The van der Waals surface area contributed by atoms with Gasteiger partial charge in [0.05, 0.1) is 0 Å². The van der Waals surface area contributed by atoms with E-state index in [2.05, 4.69) is 17.2 Å². The minimum Gasteiger partial charge on any atom is -0.330 e. The van der Waals surface area contributed by atoms with Crippen LogP contribution in [0.3, 0.4) is 0 Å². The average molecular weight is 199 g/mol. The number of aryl methyl sites for hydroxylation is 1. The first-order valence-electron chi connectivity index (χ1n) is 4.65. The van der Waals surface area contributed by atoms with Crippen LogP contribution in [0, 0.1) is 6.92 Å². The Hall–Kier alpha value is -0.450. The van der Waals surface area contributed by atoms with Gasteiger partial charge in [-0.25, -0.2) is 4.98 Å². The van der Waals surface area contributed by atoms with Gasteiger partial charge in [-0.05, 0) is 32.9 Å². The first kappa shape index (κ1) is 10.6. The van der Waals surface area contributed by atoms with Gasteiger partial charge in [0.25, 0.3) is 0 Å². The fourth-order valence-electron chi connectivity index (χ4n) is 1.07. The standard InChI is InChI=1S/C9H17N3S/c1-8-6-12-9(13-8)7-11-5-3-2-4-10/h6,11H,2-5,7,10H2,1H3. The molecular formula is C9H17N3S. The van der Waals surface area contributed by atoms with Gasteiger partial charge in [0, 0.05) is 17.6 Å². The summed E-state index contributed by atoms with van der Waals surface area (Å²) in [4.78, 5) is 5.54. The third-order valence-corrected chi connectivity index (χ3v) is 2.67. The summed E-state index contributed by atoms with van der Waals surface area (Å²) in [7, 11) is 0. The fourth-order valence-corrected chi connectivity index (χ4v) is 1.83. The molecule has 1 heterocycles. The van der Waals surface area contributed by atoms with E-state index in [4.69, 9.17) is 5.73 Å². The third kappa shape index (κ3) is 4.36. The number of hydrogen-bond donors (Lipinski definition) is 2. The van der Waals surface area contributed by atoms with Crippen molar-refractivity contribution in [3.63, 3.8) is 0 Å². The number of thiazole rings is 1. The molecule has 0 aliphatic carbocycles. The van der Waals surface area contributed by atoms with Gasteiger partial charge >= 0.3 is 0 Å². The Bertz CT molecular complexity index is 235. The van der Waals surface area contributed by atoms with E-state index in [0.29, 0.717) is 0 Å². The van der Waals surface area contributed by atoms with Crippen LogP contribution in [0.2, 0.25) is 0 Å². The van der Waals surface area contributed by atoms with Crippen molar-refractivity contribution in [2.75, 3.05) is 13.1 Å².